The van der Waals surface area contributed by atoms with Crippen LogP contribution in [0.25, 0.3) is 0 Å². The summed E-state index contributed by atoms with van der Waals surface area (Å²) in [4.78, 5) is 4.20. The fourth-order valence-corrected chi connectivity index (χ4v) is 1.76. The van der Waals surface area contributed by atoms with Crippen molar-refractivity contribution in [2.75, 3.05) is 0 Å². The lowest BCUT2D eigenvalue weighted by atomic mass is 10.3. The number of aryl methyl sites for hydroxylation is 3. The van der Waals surface area contributed by atoms with Crippen LogP contribution in [0.2, 0.25) is 0 Å². The van der Waals surface area contributed by atoms with Crippen LogP contribution < -0.4 is 5.32 Å². The van der Waals surface area contributed by atoms with Crippen LogP contribution in [0.1, 0.15) is 25.4 Å². The molecule has 6 nitrogen and oxygen atoms in total. The first kappa shape index (κ1) is 12.8. The van der Waals surface area contributed by atoms with Crippen molar-refractivity contribution in [2.24, 2.45) is 7.05 Å². The van der Waals surface area contributed by atoms with E-state index in [1.807, 2.05) is 24.1 Å². The lowest BCUT2D eigenvalue weighted by Gasteiger charge is -2.10. The number of rotatable bonds is 6. The van der Waals surface area contributed by atoms with Crippen molar-refractivity contribution in [3.8, 4) is 0 Å². The van der Waals surface area contributed by atoms with Gasteiger partial charge in [-0.1, -0.05) is 13.8 Å². The molecule has 0 spiro atoms. The molecule has 6 heteroatoms. The Kier molecular flexibility index (Phi) is 4.09. The number of hydrogen-bond donors (Lipinski definition) is 1. The molecule has 2 aromatic heterocycles. The largest absolute Gasteiger partial charge is 0.333 e. The lowest BCUT2D eigenvalue weighted by Crippen LogP contribution is -2.23. The van der Waals surface area contributed by atoms with Crippen LogP contribution in [0.4, 0.5) is 0 Å². The van der Waals surface area contributed by atoms with E-state index >= 15 is 0 Å². The van der Waals surface area contributed by atoms with Gasteiger partial charge in [-0.15, -0.1) is 10.2 Å². The van der Waals surface area contributed by atoms with Gasteiger partial charge in [0.2, 0.25) is 0 Å². The van der Waals surface area contributed by atoms with E-state index in [1.165, 1.54) is 5.69 Å². The Hall–Kier alpha value is -1.69. The van der Waals surface area contributed by atoms with Crippen LogP contribution in [0.3, 0.4) is 0 Å². The van der Waals surface area contributed by atoms with Crippen LogP contribution in [0, 0.1) is 0 Å². The molecule has 0 aliphatic rings. The summed E-state index contributed by atoms with van der Waals surface area (Å²) in [6.45, 7) is 6.00. The molecule has 0 saturated heterocycles. The highest BCUT2D eigenvalue weighted by atomic mass is 15.2. The van der Waals surface area contributed by atoms with Crippen molar-refractivity contribution in [3.63, 3.8) is 0 Å². The molecule has 0 aliphatic heterocycles. The molecule has 2 heterocycles. The first-order valence-electron chi connectivity index (χ1n) is 6.22. The molecule has 0 aliphatic carbocycles. The number of hydrogen-bond acceptors (Lipinski definition) is 4. The van der Waals surface area contributed by atoms with Crippen molar-refractivity contribution >= 4 is 0 Å². The van der Waals surface area contributed by atoms with Crippen molar-refractivity contribution in [2.45, 2.75) is 39.4 Å². The van der Waals surface area contributed by atoms with Gasteiger partial charge in [-0.05, 0) is 0 Å². The van der Waals surface area contributed by atoms with E-state index in [9.17, 15) is 0 Å². The summed E-state index contributed by atoms with van der Waals surface area (Å²) in [6, 6.07) is 0.479. The molecule has 2 rings (SSSR count). The van der Waals surface area contributed by atoms with E-state index in [-0.39, 0.29) is 0 Å². The van der Waals surface area contributed by atoms with Gasteiger partial charge in [-0.2, -0.15) is 0 Å². The topological polar surface area (TPSA) is 60.6 Å². The van der Waals surface area contributed by atoms with E-state index in [1.54, 1.807) is 6.33 Å². The minimum Gasteiger partial charge on any atom is -0.333 e. The Balaban J connectivity index is 1.93. The van der Waals surface area contributed by atoms with E-state index in [2.05, 4.69) is 38.9 Å². The highest BCUT2D eigenvalue weighted by Gasteiger charge is 2.05. The van der Waals surface area contributed by atoms with Gasteiger partial charge in [0.1, 0.15) is 12.2 Å². The van der Waals surface area contributed by atoms with Crippen LogP contribution in [-0.4, -0.2) is 30.4 Å². The fraction of sp³-hybridized carbons (Fsp3) is 0.583. The molecule has 0 radical (unpaired) electrons. The molecule has 98 valence electrons. The Morgan fingerprint density at radius 2 is 2.17 bits per heavy atom. The molecule has 0 saturated carbocycles. The van der Waals surface area contributed by atoms with E-state index in [4.69, 9.17) is 0 Å². The SMILES string of the molecule is CC(C)NCc1cncn1CCc1nncn1C. The van der Waals surface area contributed by atoms with Gasteiger partial charge in [0.25, 0.3) is 0 Å². The Morgan fingerprint density at radius 1 is 1.33 bits per heavy atom. The summed E-state index contributed by atoms with van der Waals surface area (Å²) in [6.07, 6.45) is 6.37. The van der Waals surface area contributed by atoms with Gasteiger partial charge in [0.05, 0.1) is 12.0 Å². The second-order valence-electron chi connectivity index (χ2n) is 4.72. The van der Waals surface area contributed by atoms with Crippen LogP contribution in [0.15, 0.2) is 18.9 Å². The lowest BCUT2D eigenvalue weighted by molar-refractivity contribution is 0.549. The predicted molar refractivity (Wildman–Crippen MR) is 68.9 cm³/mol. The van der Waals surface area contributed by atoms with Crippen LogP contribution >= 0.6 is 0 Å². The molecule has 2 aromatic rings. The smallest absolute Gasteiger partial charge is 0.134 e. The first-order chi connectivity index (χ1) is 8.66. The number of aromatic nitrogens is 5. The zero-order chi connectivity index (χ0) is 13.0. The summed E-state index contributed by atoms with van der Waals surface area (Å²) >= 11 is 0. The zero-order valence-electron chi connectivity index (χ0n) is 11.2. The minimum atomic E-state index is 0.479. The second-order valence-corrected chi connectivity index (χ2v) is 4.72. The molecule has 0 amide bonds. The molecular formula is C12H20N6. The average Bonchev–Trinajstić information content (AvgIpc) is 2.92. The maximum Gasteiger partial charge on any atom is 0.134 e. The highest BCUT2D eigenvalue weighted by molar-refractivity contribution is 4.99. The third-order valence-electron chi connectivity index (χ3n) is 2.87. The molecule has 1 N–H and O–H groups in total. The number of nitrogens with zero attached hydrogens (tertiary/aromatic N) is 5. The molecule has 18 heavy (non-hydrogen) atoms. The van der Waals surface area contributed by atoms with Gasteiger partial charge >= 0.3 is 0 Å². The third kappa shape index (κ3) is 3.16. The fourth-order valence-electron chi connectivity index (χ4n) is 1.76. The van der Waals surface area contributed by atoms with E-state index < -0.39 is 0 Å². The molecule has 0 fully saturated rings. The number of imidazole rings is 1. The summed E-state index contributed by atoms with van der Waals surface area (Å²) in [5, 5.41) is 11.4. The van der Waals surface area contributed by atoms with E-state index in [0.717, 1.165) is 25.3 Å². The Morgan fingerprint density at radius 3 is 2.83 bits per heavy atom. The Labute approximate surface area is 107 Å². The highest BCUT2D eigenvalue weighted by Crippen LogP contribution is 2.03. The molecular weight excluding hydrogens is 228 g/mol. The normalized spacial score (nSPS) is 11.3. The molecule has 0 aromatic carbocycles. The first-order valence-corrected chi connectivity index (χ1v) is 6.22. The van der Waals surface area contributed by atoms with Gasteiger partial charge in [0, 0.05) is 38.8 Å². The maximum absolute atomic E-state index is 4.20. The Bertz CT molecular complexity index is 484. The summed E-state index contributed by atoms with van der Waals surface area (Å²) in [5.41, 5.74) is 1.20. The zero-order valence-corrected chi connectivity index (χ0v) is 11.2. The van der Waals surface area contributed by atoms with Crippen molar-refractivity contribution in [1.29, 1.82) is 0 Å². The quantitative estimate of drug-likeness (QED) is 0.819. The maximum atomic E-state index is 4.20. The van der Waals surface area contributed by atoms with Gasteiger partial charge in [-0.25, -0.2) is 4.98 Å². The van der Waals surface area contributed by atoms with Gasteiger partial charge in [0.15, 0.2) is 0 Å². The standard InChI is InChI=1S/C12H20N6/c1-10(2)14-7-11-6-13-8-18(11)5-4-12-16-15-9-17(12)3/h6,8-10,14H,4-5,7H2,1-3H3. The number of nitrogens with one attached hydrogen (secondary N) is 1. The summed E-state index contributed by atoms with van der Waals surface area (Å²) in [5.74, 6) is 0.992. The van der Waals surface area contributed by atoms with Crippen molar-refractivity contribution in [3.05, 3.63) is 30.4 Å². The van der Waals surface area contributed by atoms with Crippen molar-refractivity contribution < 1.29 is 0 Å². The van der Waals surface area contributed by atoms with Crippen molar-refractivity contribution in [1.82, 2.24) is 29.6 Å². The van der Waals surface area contributed by atoms with E-state index in [0.29, 0.717) is 6.04 Å². The van der Waals surface area contributed by atoms with Gasteiger partial charge < -0.3 is 14.5 Å². The monoisotopic (exact) mass is 248 g/mol. The molecule has 0 unspecified atom stereocenters. The predicted octanol–water partition coefficient (Wildman–Crippen LogP) is 0.752. The molecule has 0 bridgehead atoms. The summed E-state index contributed by atoms with van der Waals surface area (Å²) < 4.78 is 4.10. The average molecular weight is 248 g/mol. The van der Waals surface area contributed by atoms with Crippen LogP contribution in [0.5, 0.6) is 0 Å². The molecule has 0 atom stereocenters. The minimum absolute atomic E-state index is 0.479. The third-order valence-corrected chi connectivity index (χ3v) is 2.87. The van der Waals surface area contributed by atoms with Crippen LogP contribution in [-0.2, 0) is 26.6 Å². The second kappa shape index (κ2) is 5.77. The summed E-state index contributed by atoms with van der Waals surface area (Å²) in [7, 11) is 1.96. The van der Waals surface area contributed by atoms with Gasteiger partial charge in [-0.3, -0.25) is 0 Å².